The van der Waals surface area contributed by atoms with E-state index in [9.17, 15) is 10.2 Å². The van der Waals surface area contributed by atoms with Crippen LogP contribution in [0.1, 0.15) is 147 Å². The molecule has 1 aromatic carbocycles. The molecule has 2 aromatic rings. The molecule has 2 spiro atoms. The second-order valence-electron chi connectivity index (χ2n) is 23.8. The summed E-state index contributed by atoms with van der Waals surface area (Å²) in [6.45, 7) is 12.7. The Hall–Kier alpha value is -2.48. The van der Waals surface area contributed by atoms with Crippen LogP contribution in [-0.4, -0.2) is 57.9 Å². The maximum atomic E-state index is 15.3. The van der Waals surface area contributed by atoms with Crippen LogP contribution in [0.2, 0.25) is 0 Å². The summed E-state index contributed by atoms with van der Waals surface area (Å²) in [6.07, 6.45) is 23.0. The molecule has 6 nitrogen and oxygen atoms in total. The van der Waals surface area contributed by atoms with Gasteiger partial charge < -0.3 is 19.8 Å². The first kappa shape index (κ1) is 40.3. The zero-order valence-electron chi connectivity index (χ0n) is 37.1. The molecule has 11 atom stereocenters. The van der Waals surface area contributed by atoms with Crippen LogP contribution in [0.25, 0.3) is 10.1 Å². The van der Waals surface area contributed by atoms with Crippen LogP contribution in [-0.2, 0) is 4.74 Å². The number of aliphatic hydroxyl groups is 2. The maximum Gasteiger partial charge on any atom is 0.410 e. The van der Waals surface area contributed by atoms with Crippen LogP contribution in [0.15, 0.2) is 54.1 Å². The Bertz CT molecular complexity index is 2070. The molecule has 1 aromatic heterocycles. The molecule has 8 fully saturated rings. The van der Waals surface area contributed by atoms with Crippen molar-refractivity contribution >= 4 is 33.3 Å². The summed E-state index contributed by atoms with van der Waals surface area (Å²) in [5, 5.41) is 26.0. The van der Waals surface area contributed by atoms with Crippen molar-refractivity contribution in [3.8, 4) is 0 Å². The number of ether oxygens (including phenoxy) is 1. The number of thiophene rings is 1. The standard InChI is InChI=1S/C53H71NO5S/c1-32(2)39-11-10-33(3)20-41(39)59-47(57)54(30-50-25-34-21-35(26-50)23-36(22-34)27-50)31-52(58)17-14-45-49(52,5)16-13-44-48(4)15-12-38(55)28-51(48)18-19-53(44,45)40(29-51)46(56)43-24-37-8-6-7-9-42(37)60-43/h6-9,18-19,24,29,32-36,38-39,41,44-45,55,58H,10-17,20-23,25-28,30-31H2,1-5H3. The number of fused-ring (bicyclic) bond motifs is 2. The van der Waals surface area contributed by atoms with Gasteiger partial charge in [0.25, 0.3) is 0 Å². The monoisotopic (exact) mass is 834 g/mol. The van der Waals surface area contributed by atoms with E-state index in [0.717, 1.165) is 83.2 Å². The molecule has 8 saturated carbocycles. The molecular formula is C53H71NO5S. The normalized spacial score (nSPS) is 47.2. The lowest BCUT2D eigenvalue weighted by Gasteiger charge is -2.71. The number of hydrogen-bond donors (Lipinski definition) is 2. The largest absolute Gasteiger partial charge is 0.446 e. The van der Waals surface area contributed by atoms with Gasteiger partial charge in [-0.2, -0.15) is 0 Å². The number of carbonyl (C=O) groups excluding carboxylic acids is 2. The van der Waals surface area contributed by atoms with Crippen molar-refractivity contribution in [2.24, 2.45) is 74.4 Å². The maximum absolute atomic E-state index is 15.3. The van der Waals surface area contributed by atoms with Gasteiger partial charge in [0.1, 0.15) is 6.10 Å². The number of rotatable bonds is 8. The molecule has 11 aliphatic carbocycles. The Morgan fingerprint density at radius 2 is 1.53 bits per heavy atom. The van der Waals surface area contributed by atoms with Crippen molar-refractivity contribution in [2.45, 2.75) is 155 Å². The SMILES string of the molecule is CC1CCC(C(C)C)C(OC(=O)N(CC23CC4CC(CC(C4)C2)C3)CC2(O)CCC3C45C=CC6(C=C4C(=O)c4cc7ccccc7s4)CC(O)CCC6(C)C5CCC32C)C1. The highest BCUT2D eigenvalue weighted by Crippen LogP contribution is 2.78. The molecule has 13 rings (SSSR count). The Labute approximate surface area is 363 Å². The molecule has 60 heavy (non-hydrogen) atoms. The first-order valence-electron chi connectivity index (χ1n) is 24.4. The molecule has 1 heterocycles. The second-order valence-corrected chi connectivity index (χ2v) is 24.9. The van der Waals surface area contributed by atoms with E-state index in [0.29, 0.717) is 43.7 Å². The van der Waals surface area contributed by atoms with Crippen LogP contribution in [0, 0.1) is 74.4 Å². The Kier molecular flexibility index (Phi) is 9.24. The third-order valence-electron chi connectivity index (χ3n) is 20.2. The molecule has 0 radical (unpaired) electrons. The molecule has 324 valence electrons. The van der Waals surface area contributed by atoms with E-state index in [2.05, 4.69) is 75.9 Å². The minimum Gasteiger partial charge on any atom is -0.446 e. The third kappa shape index (κ3) is 5.74. The number of nitrogens with zero attached hydrogens (tertiary/aromatic N) is 1. The highest BCUT2D eigenvalue weighted by molar-refractivity contribution is 7.21. The van der Waals surface area contributed by atoms with E-state index in [1.54, 1.807) is 11.3 Å². The molecule has 11 unspecified atom stereocenters. The van der Waals surface area contributed by atoms with Gasteiger partial charge in [-0.1, -0.05) is 77.5 Å². The van der Waals surface area contributed by atoms with Crippen LogP contribution in [0.5, 0.6) is 0 Å². The van der Waals surface area contributed by atoms with Gasteiger partial charge in [-0.05, 0) is 172 Å². The number of hydrogen-bond acceptors (Lipinski definition) is 6. The van der Waals surface area contributed by atoms with Crippen molar-refractivity contribution in [1.29, 1.82) is 0 Å². The van der Waals surface area contributed by atoms with E-state index in [4.69, 9.17) is 4.74 Å². The van der Waals surface area contributed by atoms with Gasteiger partial charge in [0.15, 0.2) is 5.78 Å². The van der Waals surface area contributed by atoms with Crippen molar-refractivity contribution in [1.82, 2.24) is 4.90 Å². The third-order valence-corrected chi connectivity index (χ3v) is 21.3. The van der Waals surface area contributed by atoms with Gasteiger partial charge >= 0.3 is 6.09 Å². The van der Waals surface area contributed by atoms with Crippen molar-refractivity contribution < 1.29 is 24.5 Å². The lowest BCUT2D eigenvalue weighted by Crippen LogP contribution is -2.67. The van der Waals surface area contributed by atoms with Crippen molar-refractivity contribution in [3.63, 3.8) is 0 Å². The highest BCUT2D eigenvalue weighted by atomic mass is 32.1. The van der Waals surface area contributed by atoms with Crippen molar-refractivity contribution in [2.75, 3.05) is 13.1 Å². The van der Waals surface area contributed by atoms with Crippen LogP contribution in [0.3, 0.4) is 0 Å². The van der Waals surface area contributed by atoms with E-state index < -0.39 is 16.4 Å². The molecule has 11 aliphatic rings. The topological polar surface area (TPSA) is 87.1 Å². The first-order valence-corrected chi connectivity index (χ1v) is 25.2. The van der Waals surface area contributed by atoms with E-state index in [1.165, 1.54) is 44.9 Å². The Morgan fingerprint density at radius 1 is 0.850 bits per heavy atom. The average molecular weight is 834 g/mol. The van der Waals surface area contributed by atoms with Gasteiger partial charge in [-0.3, -0.25) is 4.79 Å². The summed E-state index contributed by atoms with van der Waals surface area (Å²) in [5.74, 6) is 4.05. The zero-order valence-corrected chi connectivity index (χ0v) is 37.9. The van der Waals surface area contributed by atoms with Gasteiger partial charge in [0.05, 0.1) is 23.1 Å². The quantitative estimate of drug-likeness (QED) is 0.204. The predicted octanol–water partition coefficient (Wildman–Crippen LogP) is 11.8. The molecule has 0 saturated heterocycles. The summed E-state index contributed by atoms with van der Waals surface area (Å²) in [7, 11) is 0. The summed E-state index contributed by atoms with van der Waals surface area (Å²) in [4.78, 5) is 33.3. The summed E-state index contributed by atoms with van der Waals surface area (Å²) >= 11 is 1.60. The van der Waals surface area contributed by atoms with Crippen LogP contribution >= 0.6 is 11.3 Å². The molecular weight excluding hydrogens is 763 g/mol. The minimum absolute atomic E-state index is 0.0403. The summed E-state index contributed by atoms with van der Waals surface area (Å²) in [6, 6.07) is 10.4. The Morgan fingerprint density at radius 3 is 2.25 bits per heavy atom. The molecule has 1 amide bonds. The number of carbonyl (C=O) groups is 2. The highest BCUT2D eigenvalue weighted by Gasteiger charge is 2.75. The fraction of sp³-hybridized carbons (Fsp3) is 0.736. The van der Waals surface area contributed by atoms with Gasteiger partial charge in [0, 0.05) is 33.1 Å². The number of benzene rings is 1. The van der Waals surface area contributed by atoms with E-state index in [-0.39, 0.29) is 52.2 Å². The number of ketones is 1. The molecule has 2 N–H and O–H groups in total. The van der Waals surface area contributed by atoms with Crippen LogP contribution in [0.4, 0.5) is 4.79 Å². The molecule has 6 bridgehead atoms. The van der Waals surface area contributed by atoms with Crippen LogP contribution < -0.4 is 0 Å². The van der Waals surface area contributed by atoms with Gasteiger partial charge in [0.2, 0.25) is 0 Å². The number of aliphatic hydroxyl groups excluding tert-OH is 1. The summed E-state index contributed by atoms with van der Waals surface area (Å²) in [5.41, 5.74) is -1.61. The molecule has 7 heteroatoms. The van der Waals surface area contributed by atoms with Crippen molar-refractivity contribution in [3.05, 3.63) is 59.0 Å². The second kappa shape index (κ2) is 13.8. The smallest absolute Gasteiger partial charge is 0.410 e. The lowest BCUT2D eigenvalue weighted by molar-refractivity contribution is -0.177. The number of Topliss-reactive ketones (excluding diaryl/α,β-unsaturated/α-hetero) is 1. The predicted molar refractivity (Wildman–Crippen MR) is 239 cm³/mol. The lowest BCUT2D eigenvalue weighted by atomic mass is 9.32. The zero-order chi connectivity index (χ0) is 41.6. The van der Waals surface area contributed by atoms with Gasteiger partial charge in [-0.25, -0.2) is 4.79 Å². The average Bonchev–Trinajstić information content (AvgIpc) is 3.75. The fourth-order valence-electron chi connectivity index (χ4n) is 17.7. The Balaban J connectivity index is 0.966. The van der Waals surface area contributed by atoms with E-state index >= 15 is 9.59 Å². The minimum atomic E-state index is -1.12. The van der Waals surface area contributed by atoms with Gasteiger partial charge in [-0.15, -0.1) is 11.3 Å². The number of allylic oxidation sites excluding steroid dienone is 4. The first-order chi connectivity index (χ1) is 28.6. The molecule has 0 aliphatic heterocycles. The summed E-state index contributed by atoms with van der Waals surface area (Å²) < 4.78 is 7.89. The fourth-order valence-corrected chi connectivity index (χ4v) is 18.7. The van der Waals surface area contributed by atoms with E-state index in [1.807, 2.05) is 12.1 Å². The number of amides is 1.